The lowest BCUT2D eigenvalue weighted by atomic mass is 10.0. The van der Waals surface area contributed by atoms with Crippen LogP contribution in [0, 0.1) is 18.7 Å². The van der Waals surface area contributed by atoms with Crippen LogP contribution in [0.25, 0.3) is 0 Å². The van der Waals surface area contributed by atoms with E-state index in [0.29, 0.717) is 12.0 Å². The maximum Gasteiger partial charge on any atom is 0.328 e. The highest BCUT2D eigenvalue weighted by molar-refractivity contribution is 5.96. The van der Waals surface area contributed by atoms with Crippen LogP contribution in [0.2, 0.25) is 0 Å². The van der Waals surface area contributed by atoms with Gasteiger partial charge in [0.15, 0.2) is 0 Å². The van der Waals surface area contributed by atoms with Crippen LogP contribution in [-0.2, 0) is 9.53 Å². The highest BCUT2D eigenvalue weighted by Gasteiger charge is 2.23. The lowest BCUT2D eigenvalue weighted by Gasteiger charge is -2.18. The second-order valence-electron chi connectivity index (χ2n) is 5.14. The Morgan fingerprint density at radius 3 is 2.50 bits per heavy atom. The summed E-state index contributed by atoms with van der Waals surface area (Å²) in [5.41, 5.74) is 0.652. The van der Waals surface area contributed by atoms with Gasteiger partial charge in [-0.05, 0) is 37.0 Å². The number of ether oxygens (including phenoxy) is 1. The summed E-state index contributed by atoms with van der Waals surface area (Å²) in [6, 6.07) is 3.49. The van der Waals surface area contributed by atoms with Crippen LogP contribution in [0.1, 0.15) is 36.2 Å². The normalized spacial score (nSPS) is 12.1. The minimum absolute atomic E-state index is 0.186. The standard InChI is InChI=1S/C15H20FNO3/c1-9(2)7-13(15(19)20-4)17-14(18)11-6-5-10(3)12(16)8-11/h5-6,8-9,13H,7H2,1-4H3,(H,17,18). The lowest BCUT2D eigenvalue weighted by molar-refractivity contribution is -0.143. The van der Waals surface area contributed by atoms with Gasteiger partial charge < -0.3 is 10.1 Å². The first-order valence-corrected chi connectivity index (χ1v) is 6.50. The molecule has 0 saturated heterocycles. The van der Waals surface area contributed by atoms with Gasteiger partial charge in [-0.3, -0.25) is 4.79 Å². The van der Waals surface area contributed by atoms with Crippen molar-refractivity contribution in [1.29, 1.82) is 0 Å². The lowest BCUT2D eigenvalue weighted by Crippen LogP contribution is -2.42. The van der Waals surface area contributed by atoms with Crippen molar-refractivity contribution in [2.24, 2.45) is 5.92 Å². The number of benzene rings is 1. The van der Waals surface area contributed by atoms with E-state index in [-0.39, 0.29) is 11.5 Å². The van der Waals surface area contributed by atoms with E-state index in [2.05, 4.69) is 10.1 Å². The third-order valence-corrected chi connectivity index (χ3v) is 2.93. The third kappa shape index (κ3) is 4.33. The van der Waals surface area contributed by atoms with Gasteiger partial charge in [0.25, 0.3) is 5.91 Å². The Morgan fingerprint density at radius 2 is 2.00 bits per heavy atom. The molecular formula is C15H20FNO3. The zero-order chi connectivity index (χ0) is 15.3. The first-order chi connectivity index (χ1) is 9.35. The fourth-order valence-electron chi connectivity index (χ4n) is 1.80. The monoisotopic (exact) mass is 281 g/mol. The average Bonchev–Trinajstić information content (AvgIpc) is 2.39. The Morgan fingerprint density at radius 1 is 1.35 bits per heavy atom. The number of aryl methyl sites for hydroxylation is 1. The molecule has 1 aromatic rings. The Balaban J connectivity index is 2.84. The number of nitrogens with one attached hydrogen (secondary N) is 1. The molecule has 0 aromatic heterocycles. The molecule has 0 fully saturated rings. The van der Waals surface area contributed by atoms with E-state index in [1.807, 2.05) is 13.8 Å². The number of amides is 1. The zero-order valence-corrected chi connectivity index (χ0v) is 12.2. The molecule has 20 heavy (non-hydrogen) atoms. The van der Waals surface area contributed by atoms with Gasteiger partial charge in [-0.15, -0.1) is 0 Å². The SMILES string of the molecule is COC(=O)C(CC(C)C)NC(=O)c1ccc(C)c(F)c1. The molecule has 1 unspecified atom stereocenters. The summed E-state index contributed by atoms with van der Waals surface area (Å²) in [6.45, 7) is 5.49. The average molecular weight is 281 g/mol. The van der Waals surface area contributed by atoms with E-state index in [4.69, 9.17) is 0 Å². The van der Waals surface area contributed by atoms with Gasteiger partial charge in [0.05, 0.1) is 7.11 Å². The molecule has 0 aliphatic heterocycles. The number of esters is 1. The molecule has 0 aliphatic carbocycles. The summed E-state index contributed by atoms with van der Waals surface area (Å²) in [5, 5.41) is 2.58. The fourth-order valence-corrected chi connectivity index (χ4v) is 1.80. The van der Waals surface area contributed by atoms with Crippen molar-refractivity contribution in [3.63, 3.8) is 0 Å². The van der Waals surface area contributed by atoms with Crippen LogP contribution in [0.4, 0.5) is 4.39 Å². The Hall–Kier alpha value is -1.91. The minimum atomic E-state index is -0.725. The molecule has 0 bridgehead atoms. The summed E-state index contributed by atoms with van der Waals surface area (Å²) >= 11 is 0. The number of rotatable bonds is 5. The molecule has 0 saturated carbocycles. The second-order valence-corrected chi connectivity index (χ2v) is 5.14. The Labute approximate surface area is 118 Å². The van der Waals surface area contributed by atoms with Gasteiger partial charge in [0, 0.05) is 5.56 Å². The maximum atomic E-state index is 13.4. The van der Waals surface area contributed by atoms with Crippen molar-refractivity contribution in [1.82, 2.24) is 5.32 Å². The van der Waals surface area contributed by atoms with Crippen LogP contribution in [0.5, 0.6) is 0 Å². The van der Waals surface area contributed by atoms with E-state index >= 15 is 0 Å². The van der Waals surface area contributed by atoms with Gasteiger partial charge in [0.2, 0.25) is 0 Å². The predicted octanol–water partition coefficient (Wildman–Crippen LogP) is 2.45. The van der Waals surface area contributed by atoms with Crippen LogP contribution in [-0.4, -0.2) is 25.0 Å². The highest BCUT2D eigenvalue weighted by atomic mass is 19.1. The zero-order valence-electron chi connectivity index (χ0n) is 12.2. The van der Waals surface area contributed by atoms with Crippen molar-refractivity contribution in [2.45, 2.75) is 33.2 Å². The van der Waals surface area contributed by atoms with Gasteiger partial charge in [0.1, 0.15) is 11.9 Å². The molecule has 0 heterocycles. The molecule has 4 nitrogen and oxygen atoms in total. The van der Waals surface area contributed by atoms with Crippen LogP contribution < -0.4 is 5.32 Å². The van der Waals surface area contributed by atoms with E-state index < -0.39 is 23.7 Å². The Kier molecular flexibility index (Phi) is 5.67. The fraction of sp³-hybridized carbons (Fsp3) is 0.467. The van der Waals surface area contributed by atoms with Gasteiger partial charge in [-0.25, -0.2) is 9.18 Å². The number of carbonyl (C=O) groups is 2. The summed E-state index contributed by atoms with van der Waals surface area (Å²) < 4.78 is 18.1. The molecular weight excluding hydrogens is 261 g/mol. The van der Waals surface area contributed by atoms with Gasteiger partial charge in [-0.1, -0.05) is 19.9 Å². The molecule has 0 spiro atoms. The van der Waals surface area contributed by atoms with Crippen LogP contribution in [0.15, 0.2) is 18.2 Å². The third-order valence-electron chi connectivity index (χ3n) is 2.93. The molecule has 110 valence electrons. The van der Waals surface area contributed by atoms with E-state index in [0.717, 1.165) is 6.07 Å². The van der Waals surface area contributed by atoms with Crippen molar-refractivity contribution in [3.8, 4) is 0 Å². The highest BCUT2D eigenvalue weighted by Crippen LogP contribution is 2.11. The predicted molar refractivity (Wildman–Crippen MR) is 73.9 cm³/mol. The summed E-state index contributed by atoms with van der Waals surface area (Å²) in [6.07, 6.45) is 0.465. The molecule has 5 heteroatoms. The van der Waals surface area contributed by atoms with Gasteiger partial charge in [-0.2, -0.15) is 0 Å². The molecule has 1 rings (SSSR count). The second kappa shape index (κ2) is 7.03. The smallest absolute Gasteiger partial charge is 0.328 e. The summed E-state index contributed by atoms with van der Waals surface area (Å²) in [5.74, 6) is -1.22. The number of halogens is 1. The summed E-state index contributed by atoms with van der Waals surface area (Å²) in [7, 11) is 1.27. The van der Waals surface area contributed by atoms with Crippen LogP contribution in [0.3, 0.4) is 0 Å². The molecule has 1 amide bonds. The topological polar surface area (TPSA) is 55.4 Å². The van der Waals surface area contributed by atoms with E-state index in [1.54, 1.807) is 6.92 Å². The van der Waals surface area contributed by atoms with Crippen molar-refractivity contribution in [3.05, 3.63) is 35.1 Å². The summed E-state index contributed by atoms with van der Waals surface area (Å²) in [4.78, 5) is 23.7. The molecule has 0 radical (unpaired) electrons. The first kappa shape index (κ1) is 16.1. The molecule has 1 aromatic carbocycles. The largest absolute Gasteiger partial charge is 0.467 e. The van der Waals surface area contributed by atoms with E-state index in [1.165, 1.54) is 19.2 Å². The first-order valence-electron chi connectivity index (χ1n) is 6.50. The quantitative estimate of drug-likeness (QED) is 0.843. The van der Waals surface area contributed by atoms with Crippen molar-refractivity contribution < 1.29 is 18.7 Å². The number of hydrogen-bond donors (Lipinski definition) is 1. The maximum absolute atomic E-state index is 13.4. The minimum Gasteiger partial charge on any atom is -0.467 e. The van der Waals surface area contributed by atoms with Crippen molar-refractivity contribution in [2.75, 3.05) is 7.11 Å². The molecule has 1 atom stereocenters. The van der Waals surface area contributed by atoms with Crippen LogP contribution >= 0.6 is 0 Å². The van der Waals surface area contributed by atoms with Gasteiger partial charge >= 0.3 is 5.97 Å². The molecule has 0 aliphatic rings. The number of methoxy groups -OCH3 is 1. The number of carbonyl (C=O) groups excluding carboxylic acids is 2. The number of hydrogen-bond acceptors (Lipinski definition) is 3. The van der Waals surface area contributed by atoms with Crippen molar-refractivity contribution >= 4 is 11.9 Å². The Bertz CT molecular complexity index is 500. The molecule has 1 N–H and O–H groups in total. The van der Waals surface area contributed by atoms with E-state index in [9.17, 15) is 14.0 Å².